The van der Waals surface area contributed by atoms with Gasteiger partial charge >= 0.3 is 0 Å². The largest absolute Gasteiger partial charge is 0.395 e. The van der Waals surface area contributed by atoms with Crippen LogP contribution >= 0.6 is 0 Å². The summed E-state index contributed by atoms with van der Waals surface area (Å²) in [4.78, 5) is 12.0. The highest BCUT2D eigenvalue weighted by molar-refractivity contribution is 5.96. The van der Waals surface area contributed by atoms with Crippen LogP contribution in [0.4, 0.5) is 4.39 Å². The molecule has 0 fully saturated rings. The first-order valence-electron chi connectivity index (χ1n) is 6.28. The van der Waals surface area contributed by atoms with Gasteiger partial charge in [-0.2, -0.15) is 0 Å². The third-order valence-electron chi connectivity index (χ3n) is 2.68. The van der Waals surface area contributed by atoms with Crippen LogP contribution in [-0.4, -0.2) is 23.7 Å². The lowest BCUT2D eigenvalue weighted by Gasteiger charge is -2.12. The van der Waals surface area contributed by atoms with Gasteiger partial charge in [0.15, 0.2) is 0 Å². The number of hydrogen-bond donors (Lipinski definition) is 2. The zero-order chi connectivity index (χ0) is 14.3. The third-order valence-corrected chi connectivity index (χ3v) is 2.68. The SMILES string of the molecule is CCC(C)NC(=O)c1ccc(F)cc1C#CCCO. The van der Waals surface area contributed by atoms with Gasteiger partial charge in [0.2, 0.25) is 0 Å². The van der Waals surface area contributed by atoms with E-state index in [1.54, 1.807) is 0 Å². The summed E-state index contributed by atoms with van der Waals surface area (Å²) in [6.45, 7) is 3.81. The van der Waals surface area contributed by atoms with E-state index in [9.17, 15) is 9.18 Å². The average molecular weight is 263 g/mol. The highest BCUT2D eigenvalue weighted by Crippen LogP contribution is 2.11. The van der Waals surface area contributed by atoms with Crippen molar-refractivity contribution in [1.82, 2.24) is 5.32 Å². The first kappa shape index (κ1) is 15.2. The van der Waals surface area contributed by atoms with Crippen LogP contribution in [0.3, 0.4) is 0 Å². The van der Waals surface area contributed by atoms with Crippen LogP contribution in [0.15, 0.2) is 18.2 Å². The minimum atomic E-state index is -0.437. The van der Waals surface area contributed by atoms with Crippen LogP contribution in [0.1, 0.15) is 42.6 Å². The summed E-state index contributed by atoms with van der Waals surface area (Å²) >= 11 is 0. The standard InChI is InChI=1S/C15H18FNO2/c1-3-11(2)17-15(19)14-8-7-13(16)10-12(14)6-4-5-9-18/h7-8,10-11,18H,3,5,9H2,1-2H3,(H,17,19). The maximum Gasteiger partial charge on any atom is 0.252 e. The number of halogens is 1. The van der Waals surface area contributed by atoms with Crippen molar-refractivity contribution in [3.05, 3.63) is 35.1 Å². The van der Waals surface area contributed by atoms with Gasteiger partial charge in [0.1, 0.15) is 5.82 Å². The fraction of sp³-hybridized carbons (Fsp3) is 0.400. The van der Waals surface area contributed by atoms with Crippen LogP contribution in [-0.2, 0) is 0 Å². The zero-order valence-electron chi connectivity index (χ0n) is 11.2. The van der Waals surface area contributed by atoms with Crippen molar-refractivity contribution >= 4 is 5.91 Å². The van der Waals surface area contributed by atoms with Gasteiger partial charge in [-0.25, -0.2) is 4.39 Å². The molecule has 0 aliphatic heterocycles. The van der Waals surface area contributed by atoms with Crippen molar-refractivity contribution in [2.45, 2.75) is 32.7 Å². The zero-order valence-corrected chi connectivity index (χ0v) is 11.2. The Morgan fingerprint density at radius 1 is 1.53 bits per heavy atom. The van der Waals surface area contributed by atoms with Crippen molar-refractivity contribution in [3.8, 4) is 11.8 Å². The van der Waals surface area contributed by atoms with Crippen molar-refractivity contribution in [1.29, 1.82) is 0 Å². The minimum absolute atomic E-state index is 0.0517. The Labute approximate surface area is 112 Å². The molecule has 2 N–H and O–H groups in total. The lowest BCUT2D eigenvalue weighted by molar-refractivity contribution is 0.0939. The summed E-state index contributed by atoms with van der Waals surface area (Å²) in [5.41, 5.74) is 0.696. The number of amides is 1. The molecule has 19 heavy (non-hydrogen) atoms. The molecule has 0 saturated carbocycles. The first-order valence-corrected chi connectivity index (χ1v) is 6.28. The monoisotopic (exact) mass is 263 g/mol. The molecule has 0 aromatic heterocycles. The molecule has 0 bridgehead atoms. The third kappa shape index (κ3) is 4.72. The fourth-order valence-electron chi connectivity index (χ4n) is 1.44. The van der Waals surface area contributed by atoms with Crippen molar-refractivity contribution < 1.29 is 14.3 Å². The predicted octanol–water partition coefficient (Wildman–Crippen LogP) is 2.09. The van der Waals surface area contributed by atoms with E-state index in [2.05, 4.69) is 17.2 Å². The molecule has 1 atom stereocenters. The van der Waals surface area contributed by atoms with E-state index in [-0.39, 0.29) is 18.6 Å². The van der Waals surface area contributed by atoms with E-state index in [0.717, 1.165) is 6.42 Å². The van der Waals surface area contributed by atoms with E-state index in [0.29, 0.717) is 17.5 Å². The number of nitrogens with one attached hydrogen (secondary N) is 1. The van der Waals surface area contributed by atoms with Crippen LogP contribution in [0.2, 0.25) is 0 Å². The second-order valence-electron chi connectivity index (χ2n) is 4.25. The molecule has 1 rings (SSSR count). The first-order chi connectivity index (χ1) is 9.08. The smallest absolute Gasteiger partial charge is 0.252 e. The number of rotatable bonds is 4. The summed E-state index contributed by atoms with van der Waals surface area (Å²) in [6, 6.07) is 3.95. The van der Waals surface area contributed by atoms with Gasteiger partial charge in [-0.1, -0.05) is 18.8 Å². The van der Waals surface area contributed by atoms with Gasteiger partial charge in [-0.3, -0.25) is 4.79 Å². The van der Waals surface area contributed by atoms with Gasteiger partial charge in [0.25, 0.3) is 5.91 Å². The Kier molecular flexibility index (Phi) is 6.04. The number of carbonyl (C=O) groups is 1. The van der Waals surface area contributed by atoms with E-state index >= 15 is 0 Å². The minimum Gasteiger partial charge on any atom is -0.395 e. The quantitative estimate of drug-likeness (QED) is 0.817. The number of aliphatic hydroxyl groups is 1. The lowest BCUT2D eigenvalue weighted by Crippen LogP contribution is -2.32. The molecular formula is C15H18FNO2. The molecule has 0 spiro atoms. The molecule has 3 nitrogen and oxygen atoms in total. The highest BCUT2D eigenvalue weighted by atomic mass is 19.1. The molecule has 0 saturated heterocycles. The van der Waals surface area contributed by atoms with E-state index in [4.69, 9.17) is 5.11 Å². The van der Waals surface area contributed by atoms with E-state index in [1.165, 1.54) is 18.2 Å². The Morgan fingerprint density at radius 2 is 2.26 bits per heavy atom. The Hall–Kier alpha value is -1.86. The number of carbonyl (C=O) groups excluding carboxylic acids is 1. The molecule has 0 radical (unpaired) electrons. The second kappa shape index (κ2) is 7.55. The molecule has 102 valence electrons. The molecule has 0 heterocycles. The van der Waals surface area contributed by atoms with Crippen molar-refractivity contribution in [2.75, 3.05) is 6.61 Å². The van der Waals surface area contributed by atoms with Gasteiger partial charge in [0, 0.05) is 18.0 Å². The summed E-state index contributed by atoms with van der Waals surface area (Å²) < 4.78 is 13.2. The number of aliphatic hydroxyl groups excluding tert-OH is 1. The molecule has 0 aliphatic carbocycles. The van der Waals surface area contributed by atoms with E-state index in [1.807, 2.05) is 13.8 Å². The molecule has 4 heteroatoms. The highest BCUT2D eigenvalue weighted by Gasteiger charge is 2.12. The van der Waals surface area contributed by atoms with Gasteiger partial charge < -0.3 is 10.4 Å². The van der Waals surface area contributed by atoms with Crippen molar-refractivity contribution in [2.24, 2.45) is 0 Å². The summed E-state index contributed by atoms with van der Waals surface area (Å²) in [7, 11) is 0. The number of benzene rings is 1. The number of hydrogen-bond acceptors (Lipinski definition) is 2. The Bertz CT molecular complexity index is 503. The van der Waals surface area contributed by atoms with Crippen LogP contribution in [0.5, 0.6) is 0 Å². The van der Waals surface area contributed by atoms with Crippen molar-refractivity contribution in [3.63, 3.8) is 0 Å². The molecular weight excluding hydrogens is 245 g/mol. The van der Waals surface area contributed by atoms with E-state index < -0.39 is 5.82 Å². The lowest BCUT2D eigenvalue weighted by atomic mass is 10.1. The second-order valence-corrected chi connectivity index (χ2v) is 4.25. The summed E-state index contributed by atoms with van der Waals surface area (Å²) in [6.07, 6.45) is 1.11. The van der Waals surface area contributed by atoms with Crippen LogP contribution in [0, 0.1) is 17.7 Å². The maximum atomic E-state index is 13.2. The van der Waals surface area contributed by atoms with Crippen LogP contribution in [0.25, 0.3) is 0 Å². The van der Waals surface area contributed by atoms with Gasteiger partial charge in [-0.05, 0) is 31.5 Å². The Morgan fingerprint density at radius 3 is 2.89 bits per heavy atom. The summed E-state index contributed by atoms with van der Waals surface area (Å²) in [5, 5.41) is 11.5. The molecule has 1 aromatic carbocycles. The fourth-order valence-corrected chi connectivity index (χ4v) is 1.44. The topological polar surface area (TPSA) is 49.3 Å². The normalized spacial score (nSPS) is 11.4. The average Bonchev–Trinajstić information content (AvgIpc) is 2.38. The van der Waals surface area contributed by atoms with Gasteiger partial charge in [0.05, 0.1) is 12.2 Å². The van der Waals surface area contributed by atoms with Gasteiger partial charge in [-0.15, -0.1) is 0 Å². The molecule has 1 unspecified atom stereocenters. The maximum absolute atomic E-state index is 13.2. The summed E-state index contributed by atoms with van der Waals surface area (Å²) in [5.74, 6) is 4.71. The molecule has 0 aliphatic rings. The predicted molar refractivity (Wildman–Crippen MR) is 72.2 cm³/mol. The Balaban J connectivity index is 3.00. The molecule has 1 aromatic rings. The molecule has 1 amide bonds. The van der Waals surface area contributed by atoms with Crippen LogP contribution < -0.4 is 5.32 Å².